The topological polar surface area (TPSA) is 69.9 Å². The van der Waals surface area contributed by atoms with Gasteiger partial charge in [0.05, 0.1) is 5.56 Å². The number of aliphatic hydroxyl groups excluding tert-OH is 1. The minimum absolute atomic E-state index is 0.0374. The largest absolute Gasteiger partial charge is 0.396 e. The Balaban J connectivity index is 1.78. The van der Waals surface area contributed by atoms with Crippen LogP contribution in [0.15, 0.2) is 29.2 Å². The Kier molecular flexibility index (Phi) is 3.79. The van der Waals surface area contributed by atoms with E-state index < -0.39 is 0 Å². The third kappa shape index (κ3) is 2.52. The first kappa shape index (κ1) is 14.7. The summed E-state index contributed by atoms with van der Waals surface area (Å²) in [4.78, 5) is 19.8. The normalized spacial score (nSPS) is 24.1. The van der Waals surface area contributed by atoms with Crippen molar-refractivity contribution in [3.05, 3.63) is 40.3 Å². The summed E-state index contributed by atoms with van der Waals surface area (Å²) in [6, 6.07) is 6.19. The highest BCUT2D eigenvalue weighted by Gasteiger charge is 2.34. The lowest BCUT2D eigenvalue weighted by atomic mass is 9.93. The highest BCUT2D eigenvalue weighted by molar-refractivity contribution is 5.54. The van der Waals surface area contributed by atoms with Crippen LogP contribution in [0.1, 0.15) is 18.4 Å². The van der Waals surface area contributed by atoms with Crippen molar-refractivity contribution in [1.29, 1.82) is 0 Å². The average Bonchev–Trinajstić information content (AvgIpc) is 3.05. The molecule has 0 saturated carbocycles. The van der Waals surface area contributed by atoms with E-state index in [1.165, 1.54) is 6.42 Å². The highest BCUT2D eigenvalue weighted by Crippen LogP contribution is 2.28. The van der Waals surface area contributed by atoms with Crippen molar-refractivity contribution in [2.24, 2.45) is 5.92 Å². The molecule has 0 amide bonds. The van der Waals surface area contributed by atoms with Crippen molar-refractivity contribution in [3.63, 3.8) is 0 Å². The van der Waals surface area contributed by atoms with E-state index in [2.05, 4.69) is 10.2 Å². The van der Waals surface area contributed by atoms with Crippen LogP contribution in [0.3, 0.4) is 0 Å². The summed E-state index contributed by atoms with van der Waals surface area (Å²) in [6.07, 6.45) is 4.35. The van der Waals surface area contributed by atoms with Crippen molar-refractivity contribution < 1.29 is 5.11 Å². The van der Waals surface area contributed by atoms with Gasteiger partial charge in [-0.25, -0.2) is 4.98 Å². The lowest BCUT2D eigenvalue weighted by Crippen LogP contribution is -2.45. The number of fused-ring (bicyclic) bond motifs is 2. The highest BCUT2D eigenvalue weighted by atomic mass is 16.3. The van der Waals surface area contributed by atoms with Crippen molar-refractivity contribution in [2.45, 2.75) is 25.3 Å². The second-order valence-corrected chi connectivity index (χ2v) is 6.47. The number of hydrogen-bond acceptors (Lipinski definition) is 5. The summed E-state index contributed by atoms with van der Waals surface area (Å²) in [5.74, 6) is 1.39. The van der Waals surface area contributed by atoms with Gasteiger partial charge in [0.1, 0.15) is 11.5 Å². The van der Waals surface area contributed by atoms with Crippen LogP contribution in [-0.2, 0) is 6.42 Å². The van der Waals surface area contributed by atoms with Gasteiger partial charge in [0, 0.05) is 38.4 Å². The number of nitrogens with zero attached hydrogens (tertiary/aromatic N) is 3. The van der Waals surface area contributed by atoms with E-state index in [0.29, 0.717) is 29.6 Å². The Labute approximate surface area is 134 Å². The fourth-order valence-corrected chi connectivity index (χ4v) is 3.95. The molecule has 6 heteroatoms. The Hall–Kier alpha value is -1.92. The van der Waals surface area contributed by atoms with Gasteiger partial charge < -0.3 is 15.3 Å². The van der Waals surface area contributed by atoms with Gasteiger partial charge >= 0.3 is 0 Å². The van der Waals surface area contributed by atoms with Crippen molar-refractivity contribution in [1.82, 2.24) is 14.7 Å². The van der Waals surface area contributed by atoms with Crippen molar-refractivity contribution in [2.75, 3.05) is 31.1 Å². The van der Waals surface area contributed by atoms with Gasteiger partial charge in [-0.1, -0.05) is 6.07 Å². The van der Waals surface area contributed by atoms with Crippen LogP contribution < -0.4 is 15.8 Å². The predicted molar refractivity (Wildman–Crippen MR) is 89.0 cm³/mol. The fraction of sp³-hybridized carbons (Fsp3) is 0.529. The molecule has 2 aromatic rings. The maximum absolute atomic E-state index is 12.8. The molecule has 0 aliphatic carbocycles. The van der Waals surface area contributed by atoms with Crippen LogP contribution >= 0.6 is 0 Å². The molecule has 0 radical (unpaired) electrons. The summed E-state index contributed by atoms with van der Waals surface area (Å²) >= 11 is 0. The molecule has 2 saturated heterocycles. The quantitative estimate of drug-likeness (QED) is 0.859. The summed E-state index contributed by atoms with van der Waals surface area (Å²) < 4.78 is 1.57. The molecule has 2 fully saturated rings. The zero-order valence-electron chi connectivity index (χ0n) is 13.1. The second kappa shape index (κ2) is 5.94. The van der Waals surface area contributed by atoms with Crippen LogP contribution in [0.25, 0.3) is 5.65 Å². The molecule has 0 bridgehead atoms. The molecule has 122 valence electrons. The van der Waals surface area contributed by atoms with Gasteiger partial charge in [-0.3, -0.25) is 9.20 Å². The summed E-state index contributed by atoms with van der Waals surface area (Å²) in [6.45, 7) is 2.89. The monoisotopic (exact) mass is 314 g/mol. The van der Waals surface area contributed by atoms with E-state index in [0.717, 1.165) is 31.9 Å². The molecule has 2 aliphatic rings. The molecular formula is C17H22N4O2. The minimum Gasteiger partial charge on any atom is -0.396 e. The Morgan fingerprint density at radius 3 is 3.13 bits per heavy atom. The zero-order valence-corrected chi connectivity index (χ0v) is 13.1. The molecule has 2 N–H and O–H groups in total. The number of aliphatic hydroxyl groups is 1. The van der Waals surface area contributed by atoms with Gasteiger partial charge in [-0.15, -0.1) is 0 Å². The molecule has 4 heterocycles. The first-order chi connectivity index (χ1) is 11.3. The Morgan fingerprint density at radius 2 is 2.26 bits per heavy atom. The van der Waals surface area contributed by atoms with E-state index in [1.807, 2.05) is 18.2 Å². The van der Waals surface area contributed by atoms with Crippen molar-refractivity contribution in [3.8, 4) is 0 Å². The predicted octanol–water partition coefficient (Wildman–Crippen LogP) is 0.417. The van der Waals surface area contributed by atoms with E-state index in [4.69, 9.17) is 4.98 Å². The van der Waals surface area contributed by atoms with E-state index in [-0.39, 0.29) is 12.2 Å². The zero-order chi connectivity index (χ0) is 15.8. The average molecular weight is 314 g/mol. The molecule has 2 aromatic heterocycles. The second-order valence-electron chi connectivity index (χ2n) is 6.47. The number of pyridine rings is 1. The van der Waals surface area contributed by atoms with Crippen LogP contribution in [0, 0.1) is 5.92 Å². The lowest BCUT2D eigenvalue weighted by Gasteiger charge is -2.36. The molecule has 6 nitrogen and oxygen atoms in total. The molecule has 23 heavy (non-hydrogen) atoms. The minimum atomic E-state index is -0.0636. The number of hydrogen-bond donors (Lipinski definition) is 2. The molecule has 2 atom stereocenters. The molecule has 2 unspecified atom stereocenters. The number of rotatable bonds is 3. The molecule has 2 aliphatic heterocycles. The smallest absolute Gasteiger partial charge is 0.263 e. The summed E-state index contributed by atoms with van der Waals surface area (Å²) in [7, 11) is 0. The molecule has 4 rings (SSSR count). The van der Waals surface area contributed by atoms with Crippen LogP contribution in [0.4, 0.5) is 5.82 Å². The maximum Gasteiger partial charge on any atom is 0.263 e. The molecular weight excluding hydrogens is 292 g/mol. The summed E-state index contributed by atoms with van der Waals surface area (Å²) in [5, 5.41) is 12.9. The van der Waals surface area contributed by atoms with Gasteiger partial charge in [0.2, 0.25) is 0 Å². The Bertz CT molecular complexity index is 773. The number of anilines is 1. The van der Waals surface area contributed by atoms with Crippen LogP contribution in [0.2, 0.25) is 0 Å². The van der Waals surface area contributed by atoms with E-state index in [9.17, 15) is 9.90 Å². The maximum atomic E-state index is 12.8. The molecule has 0 spiro atoms. The SMILES string of the molecule is O=c1c(CCO)c(N2CCC3NCCC3C2)nc2ccccn12. The molecule has 0 aromatic carbocycles. The van der Waals surface area contributed by atoms with Gasteiger partial charge in [-0.05, 0) is 37.4 Å². The number of aromatic nitrogens is 2. The Morgan fingerprint density at radius 1 is 1.35 bits per heavy atom. The van der Waals surface area contributed by atoms with Gasteiger partial charge in [0.15, 0.2) is 0 Å². The third-order valence-corrected chi connectivity index (χ3v) is 5.12. The first-order valence-electron chi connectivity index (χ1n) is 8.37. The van der Waals surface area contributed by atoms with Crippen LogP contribution in [-0.4, -0.2) is 46.8 Å². The van der Waals surface area contributed by atoms with Crippen molar-refractivity contribution >= 4 is 11.5 Å². The van der Waals surface area contributed by atoms with Gasteiger partial charge in [0.25, 0.3) is 5.56 Å². The van der Waals surface area contributed by atoms with Gasteiger partial charge in [-0.2, -0.15) is 0 Å². The lowest BCUT2D eigenvalue weighted by molar-refractivity contribution is 0.298. The number of piperidine rings is 1. The standard InChI is InChI=1S/C17H22N4O2/c22-10-6-13-16(19-15-3-1-2-8-21(15)17(13)23)20-9-5-14-12(11-20)4-7-18-14/h1-3,8,12,14,18,22H,4-7,9-11H2. The summed E-state index contributed by atoms with van der Waals surface area (Å²) in [5.41, 5.74) is 1.23. The third-order valence-electron chi connectivity index (χ3n) is 5.12. The fourth-order valence-electron chi connectivity index (χ4n) is 3.95. The van der Waals surface area contributed by atoms with Crippen LogP contribution in [0.5, 0.6) is 0 Å². The number of nitrogens with one attached hydrogen (secondary N) is 1. The van der Waals surface area contributed by atoms with E-state index >= 15 is 0 Å². The first-order valence-corrected chi connectivity index (χ1v) is 8.37. The van der Waals surface area contributed by atoms with E-state index in [1.54, 1.807) is 10.6 Å².